The Morgan fingerprint density at radius 2 is 1.96 bits per heavy atom. The molecule has 1 N–H and O–H groups in total. The molecule has 0 unspecified atom stereocenters. The van der Waals surface area contributed by atoms with Crippen molar-refractivity contribution in [3.05, 3.63) is 76.1 Å². The van der Waals surface area contributed by atoms with E-state index < -0.39 is 0 Å². The first-order valence-corrected chi connectivity index (χ1v) is 7.34. The van der Waals surface area contributed by atoms with Crippen molar-refractivity contribution in [1.29, 1.82) is 0 Å². The quantitative estimate of drug-likeness (QED) is 0.617. The van der Waals surface area contributed by atoms with E-state index in [1.54, 1.807) is 18.5 Å². The largest absolute Gasteiger partial charge is 0.349 e. The fourth-order valence-corrected chi connectivity index (χ4v) is 2.80. The molecule has 114 valence electrons. The number of rotatable bonds is 2. The Kier molecular flexibility index (Phi) is 3.01. The summed E-state index contributed by atoms with van der Waals surface area (Å²) in [5.74, 6) is -0.291. The summed E-state index contributed by atoms with van der Waals surface area (Å²) in [6.07, 6.45) is 1.55. The number of nitrogens with zero attached hydrogens (tertiary/aromatic N) is 2. The number of aromatic amines is 1. The molecule has 0 atom stereocenters. The van der Waals surface area contributed by atoms with Gasteiger partial charge in [-0.3, -0.25) is 9.36 Å². The van der Waals surface area contributed by atoms with Gasteiger partial charge in [-0.1, -0.05) is 23.8 Å². The van der Waals surface area contributed by atoms with Crippen molar-refractivity contribution in [2.75, 3.05) is 0 Å². The van der Waals surface area contributed by atoms with Gasteiger partial charge < -0.3 is 4.98 Å². The van der Waals surface area contributed by atoms with Gasteiger partial charge in [-0.05, 0) is 36.8 Å². The van der Waals surface area contributed by atoms with Crippen LogP contribution in [0.5, 0.6) is 0 Å². The fraction of sp³-hybridized carbons (Fsp3) is 0.111. The number of hydrogen-bond acceptors (Lipinski definition) is 2. The number of nitrogens with one attached hydrogen (secondary N) is 1. The monoisotopic (exact) mass is 307 g/mol. The van der Waals surface area contributed by atoms with Crippen molar-refractivity contribution in [3.8, 4) is 0 Å². The smallest absolute Gasteiger partial charge is 0.277 e. The van der Waals surface area contributed by atoms with Crippen LogP contribution in [0.4, 0.5) is 4.39 Å². The van der Waals surface area contributed by atoms with E-state index in [2.05, 4.69) is 9.97 Å². The molecule has 23 heavy (non-hydrogen) atoms. The van der Waals surface area contributed by atoms with Crippen molar-refractivity contribution < 1.29 is 4.39 Å². The van der Waals surface area contributed by atoms with Gasteiger partial charge in [0, 0.05) is 10.9 Å². The van der Waals surface area contributed by atoms with Gasteiger partial charge in [0.05, 0.1) is 12.9 Å². The lowest BCUT2D eigenvalue weighted by molar-refractivity contribution is 0.626. The summed E-state index contributed by atoms with van der Waals surface area (Å²) in [5, 5.41) is 0.950. The molecule has 0 saturated heterocycles. The Balaban J connectivity index is 1.86. The van der Waals surface area contributed by atoms with Gasteiger partial charge in [0.15, 0.2) is 0 Å². The zero-order chi connectivity index (χ0) is 16.0. The molecule has 5 heteroatoms. The highest BCUT2D eigenvalue weighted by molar-refractivity contribution is 6.04. The van der Waals surface area contributed by atoms with Gasteiger partial charge in [-0.15, -0.1) is 0 Å². The van der Waals surface area contributed by atoms with Gasteiger partial charge in [-0.25, -0.2) is 9.37 Å². The molecule has 0 radical (unpaired) electrons. The van der Waals surface area contributed by atoms with E-state index >= 15 is 0 Å². The average molecular weight is 307 g/mol. The standard InChI is InChI=1S/C18H14FN3O/c1-11-2-7-15-14(8-11)16-17(21-15)18(23)22(10-20-16)9-12-3-5-13(19)6-4-12/h2-8,10,21H,9H2,1H3. The van der Waals surface area contributed by atoms with Crippen molar-refractivity contribution in [2.45, 2.75) is 13.5 Å². The second-order valence-electron chi connectivity index (χ2n) is 5.70. The number of hydrogen-bond donors (Lipinski definition) is 1. The molecule has 4 nitrogen and oxygen atoms in total. The molecule has 0 bridgehead atoms. The fourth-order valence-electron chi connectivity index (χ4n) is 2.80. The second-order valence-corrected chi connectivity index (χ2v) is 5.70. The van der Waals surface area contributed by atoms with Crippen molar-refractivity contribution in [1.82, 2.24) is 14.5 Å². The van der Waals surface area contributed by atoms with Gasteiger partial charge >= 0.3 is 0 Å². The molecule has 0 aliphatic heterocycles. The summed E-state index contributed by atoms with van der Waals surface area (Å²) >= 11 is 0. The predicted octanol–water partition coefficient (Wildman–Crippen LogP) is 3.37. The minimum Gasteiger partial charge on any atom is -0.349 e. The Morgan fingerprint density at radius 3 is 2.74 bits per heavy atom. The summed E-state index contributed by atoms with van der Waals surface area (Å²) in [7, 11) is 0. The molecule has 2 aromatic carbocycles. The van der Waals surface area contributed by atoms with E-state index in [-0.39, 0.29) is 11.4 Å². The minimum atomic E-state index is -0.291. The molecule has 0 aliphatic carbocycles. The second kappa shape index (κ2) is 5.05. The number of aromatic nitrogens is 3. The van der Waals surface area contributed by atoms with Gasteiger partial charge in [0.25, 0.3) is 5.56 Å². The van der Waals surface area contributed by atoms with Crippen LogP contribution in [0.2, 0.25) is 0 Å². The lowest BCUT2D eigenvalue weighted by atomic mass is 10.1. The molecular formula is C18H14FN3O. The van der Waals surface area contributed by atoms with Gasteiger partial charge in [0.1, 0.15) is 16.9 Å². The lowest BCUT2D eigenvalue weighted by Gasteiger charge is -2.05. The van der Waals surface area contributed by atoms with Crippen LogP contribution in [-0.4, -0.2) is 14.5 Å². The summed E-state index contributed by atoms with van der Waals surface area (Å²) in [6.45, 7) is 2.37. The van der Waals surface area contributed by atoms with Crippen molar-refractivity contribution in [3.63, 3.8) is 0 Å². The minimum absolute atomic E-state index is 0.131. The summed E-state index contributed by atoms with van der Waals surface area (Å²) in [5.41, 5.74) is 3.92. The van der Waals surface area contributed by atoms with Crippen LogP contribution < -0.4 is 5.56 Å². The van der Waals surface area contributed by atoms with Crippen LogP contribution in [-0.2, 0) is 6.54 Å². The molecule has 2 aromatic heterocycles. The molecule has 2 heterocycles. The summed E-state index contributed by atoms with van der Waals surface area (Å²) < 4.78 is 14.5. The molecule has 0 saturated carbocycles. The molecule has 0 amide bonds. The Bertz CT molecular complexity index is 1080. The van der Waals surface area contributed by atoms with Crippen molar-refractivity contribution in [2.24, 2.45) is 0 Å². The molecule has 0 spiro atoms. The van der Waals surface area contributed by atoms with Gasteiger partial charge in [0.2, 0.25) is 0 Å². The SMILES string of the molecule is Cc1ccc2[nH]c3c(=O)n(Cc4ccc(F)cc4)cnc3c2c1. The number of halogens is 1. The first-order valence-electron chi connectivity index (χ1n) is 7.34. The van der Waals surface area contributed by atoms with E-state index in [4.69, 9.17) is 0 Å². The normalized spacial score (nSPS) is 11.4. The van der Waals surface area contributed by atoms with Gasteiger partial charge in [-0.2, -0.15) is 0 Å². The number of aryl methyl sites for hydroxylation is 1. The number of fused-ring (bicyclic) bond motifs is 3. The molecule has 0 fully saturated rings. The maximum atomic E-state index is 13.0. The first kappa shape index (κ1) is 13.7. The summed E-state index contributed by atoms with van der Waals surface area (Å²) in [4.78, 5) is 20.3. The number of H-pyrrole nitrogens is 1. The van der Waals surface area contributed by atoms with Crippen LogP contribution in [0.1, 0.15) is 11.1 Å². The molecule has 0 aliphatic rings. The highest BCUT2D eigenvalue weighted by atomic mass is 19.1. The zero-order valence-corrected chi connectivity index (χ0v) is 12.5. The third kappa shape index (κ3) is 2.30. The van der Waals surface area contributed by atoms with Crippen LogP contribution in [0, 0.1) is 12.7 Å². The maximum absolute atomic E-state index is 13.0. The Labute approximate surface area is 131 Å². The highest BCUT2D eigenvalue weighted by Gasteiger charge is 2.11. The Hall–Kier alpha value is -2.95. The van der Waals surface area contributed by atoms with E-state index in [1.807, 2.05) is 25.1 Å². The van der Waals surface area contributed by atoms with Crippen LogP contribution in [0.3, 0.4) is 0 Å². The maximum Gasteiger partial charge on any atom is 0.277 e. The molecular weight excluding hydrogens is 293 g/mol. The highest BCUT2D eigenvalue weighted by Crippen LogP contribution is 2.22. The molecule has 4 aromatic rings. The summed E-state index contributed by atoms with van der Waals surface area (Å²) in [6, 6.07) is 12.1. The van der Waals surface area contributed by atoms with Crippen LogP contribution in [0.15, 0.2) is 53.6 Å². The van der Waals surface area contributed by atoms with E-state index in [9.17, 15) is 9.18 Å². The van der Waals surface area contributed by atoms with Crippen LogP contribution >= 0.6 is 0 Å². The third-order valence-corrected chi connectivity index (χ3v) is 3.99. The van der Waals surface area contributed by atoms with E-state index in [0.29, 0.717) is 17.6 Å². The van der Waals surface area contributed by atoms with Crippen molar-refractivity contribution >= 4 is 21.9 Å². The number of benzene rings is 2. The predicted molar refractivity (Wildman–Crippen MR) is 88.1 cm³/mol. The third-order valence-electron chi connectivity index (χ3n) is 3.99. The molecule has 4 rings (SSSR count). The zero-order valence-electron chi connectivity index (χ0n) is 12.5. The topological polar surface area (TPSA) is 50.7 Å². The van der Waals surface area contributed by atoms with Crippen LogP contribution in [0.25, 0.3) is 21.9 Å². The first-order chi connectivity index (χ1) is 11.1. The Morgan fingerprint density at radius 1 is 1.17 bits per heavy atom. The van der Waals surface area contributed by atoms with E-state index in [1.165, 1.54) is 16.7 Å². The lowest BCUT2D eigenvalue weighted by Crippen LogP contribution is -2.21. The van der Waals surface area contributed by atoms with E-state index in [0.717, 1.165) is 22.0 Å². The average Bonchev–Trinajstić information content (AvgIpc) is 2.91.